The lowest BCUT2D eigenvalue weighted by Gasteiger charge is -2.28. The number of carbonyl (C=O) groups excluding carboxylic acids is 2. The van der Waals surface area contributed by atoms with Gasteiger partial charge in [-0.1, -0.05) is 0 Å². The van der Waals surface area contributed by atoms with Crippen LogP contribution >= 0.6 is 0 Å². The second-order valence-electron chi connectivity index (χ2n) is 2.52. The summed E-state index contributed by atoms with van der Waals surface area (Å²) >= 11 is 0. The molecule has 3 N–H and O–H groups in total. The average Bonchev–Trinajstić information content (AvgIpc) is 2.03. The summed E-state index contributed by atoms with van der Waals surface area (Å²) in [4.78, 5) is 20.9. The first-order valence-corrected chi connectivity index (χ1v) is 3.46. The molecule has 1 saturated heterocycles. The summed E-state index contributed by atoms with van der Waals surface area (Å²) in [6, 6.07) is -0.411. The molecule has 0 aromatic rings. The van der Waals surface area contributed by atoms with E-state index in [2.05, 4.69) is 5.32 Å². The number of hydrogen-bond donors (Lipinski definition) is 2. The molecule has 1 atom stereocenters. The van der Waals surface area contributed by atoms with Crippen LogP contribution in [0.3, 0.4) is 0 Å². The number of nitrogens with zero attached hydrogens (tertiary/aromatic N) is 1. The standard InChI is InChI=1S/C6H11N3O2/c7-9-2-1-8-5(3-9)6(11)4-10/h4-5,8H,1-3,7H2. The van der Waals surface area contributed by atoms with Crippen LogP contribution in [0.4, 0.5) is 0 Å². The minimum atomic E-state index is -0.430. The van der Waals surface area contributed by atoms with Gasteiger partial charge in [-0.3, -0.25) is 15.4 Å². The van der Waals surface area contributed by atoms with Gasteiger partial charge in [-0.05, 0) is 0 Å². The van der Waals surface area contributed by atoms with E-state index in [1.54, 1.807) is 0 Å². The first-order chi connectivity index (χ1) is 5.24. The number of carbonyl (C=O) groups is 2. The smallest absolute Gasteiger partial charge is 0.213 e. The molecule has 1 rings (SSSR count). The van der Waals surface area contributed by atoms with Gasteiger partial charge in [-0.2, -0.15) is 0 Å². The van der Waals surface area contributed by atoms with E-state index < -0.39 is 11.8 Å². The van der Waals surface area contributed by atoms with Crippen LogP contribution in [0.15, 0.2) is 0 Å². The third-order valence-corrected chi connectivity index (χ3v) is 1.67. The summed E-state index contributed by atoms with van der Waals surface area (Å²) in [7, 11) is 0. The maximum absolute atomic E-state index is 10.8. The minimum Gasteiger partial charge on any atom is -0.305 e. The summed E-state index contributed by atoms with van der Waals surface area (Å²) in [6.07, 6.45) is 0.330. The van der Waals surface area contributed by atoms with E-state index in [9.17, 15) is 9.59 Å². The molecular formula is C6H11N3O2. The number of piperazine rings is 1. The highest BCUT2D eigenvalue weighted by atomic mass is 16.2. The Hall–Kier alpha value is -0.780. The van der Waals surface area contributed by atoms with Gasteiger partial charge in [0.1, 0.15) is 0 Å². The largest absolute Gasteiger partial charge is 0.305 e. The van der Waals surface area contributed by atoms with E-state index in [0.717, 1.165) is 0 Å². The van der Waals surface area contributed by atoms with Gasteiger partial charge in [0.2, 0.25) is 5.78 Å². The van der Waals surface area contributed by atoms with Crippen molar-refractivity contribution in [3.05, 3.63) is 0 Å². The summed E-state index contributed by atoms with van der Waals surface area (Å²) in [6.45, 7) is 1.78. The molecule has 1 aliphatic rings. The fourth-order valence-electron chi connectivity index (χ4n) is 1.05. The normalized spacial score (nSPS) is 26.5. The molecular weight excluding hydrogens is 146 g/mol. The molecule has 1 aliphatic heterocycles. The van der Waals surface area contributed by atoms with Crippen LogP contribution in [0.25, 0.3) is 0 Å². The van der Waals surface area contributed by atoms with Crippen molar-refractivity contribution < 1.29 is 9.59 Å². The highest BCUT2D eigenvalue weighted by Gasteiger charge is 2.22. The van der Waals surface area contributed by atoms with Gasteiger partial charge in [0, 0.05) is 19.6 Å². The first kappa shape index (κ1) is 8.32. The van der Waals surface area contributed by atoms with E-state index in [1.807, 2.05) is 0 Å². The zero-order chi connectivity index (χ0) is 8.27. The van der Waals surface area contributed by atoms with Gasteiger partial charge in [0.15, 0.2) is 6.29 Å². The van der Waals surface area contributed by atoms with Gasteiger partial charge in [0.25, 0.3) is 0 Å². The zero-order valence-corrected chi connectivity index (χ0v) is 6.12. The van der Waals surface area contributed by atoms with Crippen LogP contribution < -0.4 is 11.2 Å². The number of rotatable bonds is 2. The Morgan fingerprint density at radius 2 is 2.45 bits per heavy atom. The number of hydrazine groups is 1. The Bertz CT molecular complexity index is 171. The molecule has 1 fully saturated rings. The first-order valence-electron chi connectivity index (χ1n) is 3.46. The molecule has 0 saturated carbocycles. The molecule has 11 heavy (non-hydrogen) atoms. The van der Waals surface area contributed by atoms with Gasteiger partial charge in [0.05, 0.1) is 6.04 Å². The number of hydrogen-bond acceptors (Lipinski definition) is 5. The van der Waals surface area contributed by atoms with Crippen molar-refractivity contribution >= 4 is 12.1 Å². The fourth-order valence-corrected chi connectivity index (χ4v) is 1.05. The number of nitrogens with one attached hydrogen (secondary N) is 1. The molecule has 1 heterocycles. The van der Waals surface area contributed by atoms with Gasteiger partial charge in [-0.15, -0.1) is 0 Å². The van der Waals surface area contributed by atoms with Crippen LogP contribution in [-0.2, 0) is 9.59 Å². The average molecular weight is 157 g/mol. The molecule has 0 amide bonds. The second-order valence-corrected chi connectivity index (χ2v) is 2.52. The van der Waals surface area contributed by atoms with Crippen molar-refractivity contribution in [1.82, 2.24) is 10.3 Å². The third-order valence-electron chi connectivity index (χ3n) is 1.67. The lowest BCUT2D eigenvalue weighted by atomic mass is 10.1. The van der Waals surface area contributed by atoms with Crippen LogP contribution in [0.5, 0.6) is 0 Å². The van der Waals surface area contributed by atoms with E-state index in [-0.39, 0.29) is 0 Å². The highest BCUT2D eigenvalue weighted by Crippen LogP contribution is 1.93. The van der Waals surface area contributed by atoms with Crippen LogP contribution in [0.2, 0.25) is 0 Å². The van der Waals surface area contributed by atoms with Crippen molar-refractivity contribution in [2.24, 2.45) is 5.84 Å². The van der Waals surface area contributed by atoms with Crippen LogP contribution in [-0.4, -0.2) is 42.8 Å². The molecule has 0 spiro atoms. The topological polar surface area (TPSA) is 75.4 Å². The zero-order valence-electron chi connectivity index (χ0n) is 6.12. The second kappa shape index (κ2) is 3.56. The Morgan fingerprint density at radius 3 is 3.00 bits per heavy atom. The van der Waals surface area contributed by atoms with Crippen molar-refractivity contribution in [1.29, 1.82) is 0 Å². The minimum absolute atomic E-state index is 0.330. The summed E-state index contributed by atoms with van der Waals surface area (Å²) in [5, 5.41) is 4.43. The molecule has 5 nitrogen and oxygen atoms in total. The molecule has 5 heteroatoms. The van der Waals surface area contributed by atoms with E-state index in [4.69, 9.17) is 5.84 Å². The molecule has 0 aliphatic carbocycles. The van der Waals surface area contributed by atoms with Crippen LogP contribution in [0.1, 0.15) is 0 Å². The van der Waals surface area contributed by atoms with E-state index in [0.29, 0.717) is 25.9 Å². The molecule has 0 aromatic carbocycles. The maximum atomic E-state index is 10.8. The monoisotopic (exact) mass is 157 g/mol. The molecule has 1 unspecified atom stereocenters. The van der Waals surface area contributed by atoms with Crippen molar-refractivity contribution in [3.8, 4) is 0 Å². The lowest BCUT2D eigenvalue weighted by Crippen LogP contribution is -2.56. The van der Waals surface area contributed by atoms with Crippen molar-refractivity contribution in [2.45, 2.75) is 6.04 Å². The summed E-state index contributed by atoms with van der Waals surface area (Å²) in [5.41, 5.74) is 0. The number of Topliss-reactive ketones (excluding diaryl/α,β-unsaturated/α-hetero) is 1. The molecule has 0 aromatic heterocycles. The summed E-state index contributed by atoms with van der Waals surface area (Å²) < 4.78 is 0. The third kappa shape index (κ3) is 2.07. The van der Waals surface area contributed by atoms with Crippen molar-refractivity contribution in [3.63, 3.8) is 0 Å². The van der Waals surface area contributed by atoms with Gasteiger partial charge >= 0.3 is 0 Å². The molecule has 0 radical (unpaired) electrons. The van der Waals surface area contributed by atoms with Crippen LogP contribution in [0, 0.1) is 0 Å². The van der Waals surface area contributed by atoms with Gasteiger partial charge in [-0.25, -0.2) is 5.01 Å². The maximum Gasteiger partial charge on any atom is 0.213 e. The Balaban J connectivity index is 2.45. The Labute approximate surface area is 64.5 Å². The Morgan fingerprint density at radius 1 is 1.73 bits per heavy atom. The number of nitrogens with two attached hydrogens (primary N) is 1. The predicted molar refractivity (Wildman–Crippen MR) is 38.6 cm³/mol. The van der Waals surface area contributed by atoms with E-state index >= 15 is 0 Å². The Kier molecular flexibility index (Phi) is 2.70. The highest BCUT2D eigenvalue weighted by molar-refractivity contribution is 6.27. The number of ketones is 1. The lowest BCUT2D eigenvalue weighted by molar-refractivity contribution is -0.132. The summed E-state index contributed by atoms with van der Waals surface area (Å²) in [5.74, 6) is 5.01. The van der Waals surface area contributed by atoms with Crippen molar-refractivity contribution in [2.75, 3.05) is 19.6 Å². The fraction of sp³-hybridized carbons (Fsp3) is 0.667. The number of aldehydes is 1. The van der Waals surface area contributed by atoms with Gasteiger partial charge < -0.3 is 5.32 Å². The SMILES string of the molecule is NN1CCNC(C(=O)C=O)C1. The van der Waals surface area contributed by atoms with E-state index in [1.165, 1.54) is 5.01 Å². The predicted octanol–water partition coefficient (Wildman–Crippen LogP) is -2.10. The molecule has 0 bridgehead atoms. The quantitative estimate of drug-likeness (QED) is 0.273. The molecule has 62 valence electrons.